The average Bonchev–Trinajstić information content (AvgIpc) is 3.54. The lowest BCUT2D eigenvalue weighted by atomic mass is 9.96. The second kappa shape index (κ2) is 14.5. The summed E-state index contributed by atoms with van der Waals surface area (Å²) in [6.45, 7) is 11.6. The number of unbranched alkanes of at least 4 members (excludes halogenated alkanes) is 1. The van der Waals surface area contributed by atoms with Crippen LogP contribution in [0.25, 0.3) is 12.2 Å². The number of nitrogens with one attached hydrogen (secondary N) is 1. The van der Waals surface area contributed by atoms with E-state index in [1.807, 2.05) is 24.3 Å². The van der Waals surface area contributed by atoms with Crippen molar-refractivity contribution < 1.29 is 0 Å². The van der Waals surface area contributed by atoms with Gasteiger partial charge in [0.15, 0.2) is 0 Å². The van der Waals surface area contributed by atoms with Crippen LogP contribution in [0, 0.1) is 5.92 Å². The van der Waals surface area contributed by atoms with Crippen LogP contribution < -0.4 is 15.9 Å². The molecule has 0 amide bonds. The summed E-state index contributed by atoms with van der Waals surface area (Å²) < 4.78 is 0. The molecule has 8 heteroatoms. The molecule has 3 aliphatic rings. The van der Waals surface area contributed by atoms with E-state index in [0.29, 0.717) is 5.92 Å². The topological polar surface area (TPSA) is 47.5 Å². The smallest absolute Gasteiger partial charge is 0.145 e. The Labute approximate surface area is 266 Å². The minimum Gasteiger partial charge on any atom is -0.369 e. The summed E-state index contributed by atoms with van der Waals surface area (Å²) in [5, 5.41) is 7.48. The third kappa shape index (κ3) is 7.98. The normalized spacial score (nSPS) is 19.7. The molecule has 0 bridgehead atoms. The van der Waals surface area contributed by atoms with Crippen molar-refractivity contribution in [2.75, 3.05) is 57.7 Å². The minimum atomic E-state index is 0.157. The van der Waals surface area contributed by atoms with Crippen LogP contribution in [0.3, 0.4) is 0 Å². The van der Waals surface area contributed by atoms with E-state index in [0.717, 1.165) is 79.1 Å². The number of rotatable bonds is 11. The third-order valence-corrected chi connectivity index (χ3v) is 9.56. The molecule has 2 saturated heterocycles. The van der Waals surface area contributed by atoms with Crippen LogP contribution in [0.2, 0.25) is 10.0 Å². The van der Waals surface area contributed by atoms with Gasteiger partial charge in [0.25, 0.3) is 0 Å². The fourth-order valence-corrected chi connectivity index (χ4v) is 6.92. The zero-order chi connectivity index (χ0) is 29.6. The van der Waals surface area contributed by atoms with Crippen molar-refractivity contribution in [1.82, 2.24) is 24.7 Å². The van der Waals surface area contributed by atoms with Gasteiger partial charge in [-0.15, -0.1) is 0 Å². The SMILES string of the molecule is CC1C=c2c(NCCCCN3CCCC3)nc(CN3CCN(C(c4ccc(Cl)cc4)c4ccc(Cl)cc4)CC3)nc2=CC1. The second-order valence-corrected chi connectivity index (χ2v) is 13.2. The zero-order valence-electron chi connectivity index (χ0n) is 25.3. The molecule has 6 rings (SSSR count). The van der Waals surface area contributed by atoms with E-state index in [9.17, 15) is 0 Å². The van der Waals surface area contributed by atoms with Crippen LogP contribution >= 0.6 is 23.2 Å². The lowest BCUT2D eigenvalue weighted by Crippen LogP contribution is -2.48. The molecule has 1 unspecified atom stereocenters. The molecule has 228 valence electrons. The van der Waals surface area contributed by atoms with Crippen LogP contribution in [0.15, 0.2) is 48.5 Å². The summed E-state index contributed by atoms with van der Waals surface area (Å²) in [6.07, 6.45) is 10.8. The van der Waals surface area contributed by atoms with Crippen molar-refractivity contribution in [2.24, 2.45) is 5.92 Å². The largest absolute Gasteiger partial charge is 0.369 e. The van der Waals surface area contributed by atoms with Crippen molar-refractivity contribution >= 4 is 41.2 Å². The van der Waals surface area contributed by atoms with Crippen LogP contribution in [-0.2, 0) is 6.54 Å². The highest BCUT2D eigenvalue weighted by atomic mass is 35.5. The van der Waals surface area contributed by atoms with Gasteiger partial charge in [0.2, 0.25) is 0 Å². The maximum atomic E-state index is 6.23. The highest BCUT2D eigenvalue weighted by Gasteiger charge is 2.27. The Morgan fingerprint density at radius 2 is 1.47 bits per heavy atom. The van der Waals surface area contributed by atoms with E-state index in [-0.39, 0.29) is 6.04 Å². The molecular formula is C35H44Cl2N6. The van der Waals surface area contributed by atoms with Gasteiger partial charge in [-0.05, 0) is 93.0 Å². The number of benzene rings is 2. The Bertz CT molecular complexity index is 1420. The van der Waals surface area contributed by atoms with Gasteiger partial charge in [0.1, 0.15) is 11.6 Å². The van der Waals surface area contributed by atoms with Crippen molar-refractivity contribution in [3.05, 3.63) is 86.1 Å². The number of halogens is 2. The van der Waals surface area contributed by atoms with E-state index >= 15 is 0 Å². The zero-order valence-corrected chi connectivity index (χ0v) is 26.8. The predicted octanol–water partition coefficient (Wildman–Crippen LogP) is 5.58. The Hall–Kier alpha value is -2.48. The summed E-state index contributed by atoms with van der Waals surface area (Å²) in [5.74, 6) is 2.44. The van der Waals surface area contributed by atoms with Crippen LogP contribution in [0.5, 0.6) is 0 Å². The molecule has 3 aromatic rings. The summed E-state index contributed by atoms with van der Waals surface area (Å²) in [5.41, 5.74) is 2.49. The first kappa shape index (κ1) is 30.5. The van der Waals surface area contributed by atoms with Gasteiger partial charge in [-0.2, -0.15) is 0 Å². The Morgan fingerprint density at radius 3 is 2.12 bits per heavy atom. The molecule has 0 saturated carbocycles. The lowest BCUT2D eigenvalue weighted by Gasteiger charge is -2.39. The summed E-state index contributed by atoms with van der Waals surface area (Å²) in [7, 11) is 0. The first-order valence-electron chi connectivity index (χ1n) is 16.0. The molecule has 1 atom stereocenters. The van der Waals surface area contributed by atoms with Crippen LogP contribution in [0.4, 0.5) is 5.82 Å². The van der Waals surface area contributed by atoms with Crippen molar-refractivity contribution in [3.8, 4) is 0 Å². The van der Waals surface area contributed by atoms with Crippen LogP contribution in [-0.4, -0.2) is 77.0 Å². The first-order chi connectivity index (χ1) is 21.0. The highest BCUT2D eigenvalue weighted by molar-refractivity contribution is 6.30. The molecular weight excluding hydrogens is 575 g/mol. The number of fused-ring (bicyclic) bond motifs is 1. The number of anilines is 1. The fraction of sp³-hybridized carbons (Fsp3) is 0.486. The molecule has 1 N–H and O–H groups in total. The van der Waals surface area contributed by atoms with Gasteiger partial charge in [-0.25, -0.2) is 9.97 Å². The maximum Gasteiger partial charge on any atom is 0.145 e. The van der Waals surface area contributed by atoms with Crippen molar-refractivity contribution in [2.45, 2.75) is 51.6 Å². The lowest BCUT2D eigenvalue weighted by molar-refractivity contribution is 0.103. The number of likely N-dealkylation sites (tertiary alicyclic amines) is 1. The van der Waals surface area contributed by atoms with Crippen molar-refractivity contribution in [1.29, 1.82) is 0 Å². The Balaban J connectivity index is 1.11. The quantitative estimate of drug-likeness (QED) is 0.283. The number of aromatic nitrogens is 2. The fourth-order valence-electron chi connectivity index (χ4n) is 6.67. The Morgan fingerprint density at radius 1 is 0.814 bits per heavy atom. The van der Waals surface area contributed by atoms with Gasteiger partial charge in [0.05, 0.1) is 17.9 Å². The van der Waals surface area contributed by atoms with E-state index in [2.05, 4.69) is 63.4 Å². The van der Waals surface area contributed by atoms with E-state index in [1.165, 1.54) is 55.2 Å². The molecule has 1 aliphatic carbocycles. The standard InChI is InChI=1S/C35H44Cl2N6/c1-26-6-15-32-31(24-26)35(38-16-2-3-17-41-18-4-5-19-41)40-33(39-32)25-42-20-22-43(23-21-42)34(27-7-11-29(36)12-8-27)28-9-13-30(37)14-10-28/h7-15,24,26,34H,2-6,16-23,25H2,1H3,(H,38,39,40). The van der Waals surface area contributed by atoms with Gasteiger partial charge in [-0.1, -0.05) is 66.5 Å². The van der Waals surface area contributed by atoms with Crippen molar-refractivity contribution in [3.63, 3.8) is 0 Å². The second-order valence-electron chi connectivity index (χ2n) is 12.4. The molecule has 43 heavy (non-hydrogen) atoms. The monoisotopic (exact) mass is 618 g/mol. The third-order valence-electron chi connectivity index (χ3n) is 9.06. The molecule has 0 radical (unpaired) electrons. The Kier molecular flexibility index (Phi) is 10.3. The molecule has 2 aromatic carbocycles. The molecule has 6 nitrogen and oxygen atoms in total. The highest BCUT2D eigenvalue weighted by Crippen LogP contribution is 2.31. The van der Waals surface area contributed by atoms with Gasteiger partial charge in [-0.3, -0.25) is 9.80 Å². The summed E-state index contributed by atoms with van der Waals surface area (Å²) in [4.78, 5) is 17.8. The maximum absolute atomic E-state index is 6.23. The number of hydrogen-bond donors (Lipinski definition) is 1. The summed E-state index contributed by atoms with van der Waals surface area (Å²) in [6, 6.07) is 16.7. The van der Waals surface area contributed by atoms with Gasteiger partial charge in [0, 0.05) is 48.0 Å². The van der Waals surface area contributed by atoms with E-state index in [4.69, 9.17) is 33.2 Å². The molecule has 1 aromatic heterocycles. The summed E-state index contributed by atoms with van der Waals surface area (Å²) >= 11 is 12.5. The number of nitrogens with zero attached hydrogens (tertiary/aromatic N) is 5. The van der Waals surface area contributed by atoms with Gasteiger partial charge >= 0.3 is 0 Å². The molecule has 0 spiro atoms. The van der Waals surface area contributed by atoms with E-state index in [1.54, 1.807) is 0 Å². The van der Waals surface area contributed by atoms with E-state index < -0.39 is 0 Å². The minimum absolute atomic E-state index is 0.157. The first-order valence-corrected chi connectivity index (χ1v) is 16.8. The molecule has 2 fully saturated rings. The number of piperazine rings is 1. The van der Waals surface area contributed by atoms with Gasteiger partial charge < -0.3 is 10.2 Å². The van der Waals surface area contributed by atoms with Crippen LogP contribution in [0.1, 0.15) is 62.0 Å². The molecule has 2 aliphatic heterocycles. The number of hydrogen-bond acceptors (Lipinski definition) is 6. The predicted molar refractivity (Wildman–Crippen MR) is 179 cm³/mol. The average molecular weight is 620 g/mol. The molecule has 3 heterocycles.